The average molecular weight is 234 g/mol. The van der Waals surface area contributed by atoms with E-state index in [2.05, 4.69) is 10.6 Å². The molecule has 0 bridgehead atoms. The number of benzene rings is 1. The molecule has 0 saturated carbocycles. The maximum absolute atomic E-state index is 11.1. The quantitative estimate of drug-likeness (QED) is 0.550. The smallest absolute Gasteiger partial charge is 0.248 e. The number of amides is 2. The van der Waals surface area contributed by atoms with Crippen molar-refractivity contribution in [2.75, 3.05) is 18.4 Å². The Morgan fingerprint density at radius 3 is 2.00 bits per heavy atom. The molecule has 1 fully saturated rings. The minimum atomic E-state index is -0.581. The zero-order chi connectivity index (χ0) is 12.4. The Labute approximate surface area is 98.4 Å². The molecule has 0 radical (unpaired) electrons. The Balaban J connectivity index is 2.29. The zero-order valence-electron chi connectivity index (χ0n) is 9.19. The number of carbonyl (C=O) groups is 2. The molecule has 90 valence electrons. The first-order chi connectivity index (χ1) is 8.06. The van der Waals surface area contributed by atoms with Gasteiger partial charge in [-0.05, 0) is 18.2 Å². The molecule has 0 unspecified atom stereocenters. The van der Waals surface area contributed by atoms with E-state index in [1.165, 1.54) is 6.07 Å². The standard InChI is InChI=1S/C11H14N4O2/c12-10(16)6-1-7(11(13)17)3-8(2-6)15-9-4-14-5-9/h1-3,9,14-15H,4-5H2,(H2,12,16)(H2,13,17). The van der Waals surface area contributed by atoms with Crippen LogP contribution in [0.4, 0.5) is 5.69 Å². The number of hydrogen-bond acceptors (Lipinski definition) is 4. The fourth-order valence-electron chi connectivity index (χ4n) is 1.62. The third-order valence-corrected chi connectivity index (χ3v) is 2.65. The third-order valence-electron chi connectivity index (χ3n) is 2.65. The van der Waals surface area contributed by atoms with Gasteiger partial charge in [-0.15, -0.1) is 0 Å². The molecule has 0 aromatic heterocycles. The van der Waals surface area contributed by atoms with E-state index in [1.807, 2.05) is 0 Å². The minimum Gasteiger partial charge on any atom is -0.380 e. The second-order valence-electron chi connectivity index (χ2n) is 4.03. The lowest BCUT2D eigenvalue weighted by Gasteiger charge is -2.29. The summed E-state index contributed by atoms with van der Waals surface area (Å²) < 4.78 is 0. The number of primary amides is 2. The van der Waals surface area contributed by atoms with Gasteiger partial charge >= 0.3 is 0 Å². The van der Waals surface area contributed by atoms with Crippen LogP contribution in [-0.4, -0.2) is 30.9 Å². The lowest BCUT2D eigenvalue weighted by molar-refractivity contribution is 0.0999. The molecule has 1 aromatic carbocycles. The summed E-state index contributed by atoms with van der Waals surface area (Å²) in [5.74, 6) is -1.16. The van der Waals surface area contributed by atoms with Gasteiger partial charge in [0.15, 0.2) is 0 Å². The largest absolute Gasteiger partial charge is 0.380 e. The van der Waals surface area contributed by atoms with E-state index < -0.39 is 11.8 Å². The molecule has 6 nitrogen and oxygen atoms in total. The summed E-state index contributed by atoms with van der Waals surface area (Å²) in [5, 5.41) is 6.30. The van der Waals surface area contributed by atoms with Gasteiger partial charge in [0.25, 0.3) is 0 Å². The number of nitrogens with two attached hydrogens (primary N) is 2. The molecule has 6 N–H and O–H groups in total. The van der Waals surface area contributed by atoms with Crippen molar-refractivity contribution in [3.63, 3.8) is 0 Å². The average Bonchev–Trinajstić information content (AvgIpc) is 2.23. The molecule has 0 aliphatic carbocycles. The molecule has 1 heterocycles. The highest BCUT2D eigenvalue weighted by Crippen LogP contribution is 2.16. The molecule has 0 atom stereocenters. The van der Waals surface area contributed by atoms with Gasteiger partial charge in [-0.3, -0.25) is 9.59 Å². The maximum atomic E-state index is 11.1. The predicted octanol–water partition coefficient (Wildman–Crippen LogP) is -0.732. The Kier molecular flexibility index (Phi) is 2.97. The minimum absolute atomic E-state index is 0.274. The summed E-state index contributed by atoms with van der Waals surface area (Å²) in [6, 6.07) is 4.94. The summed E-state index contributed by atoms with van der Waals surface area (Å²) in [5.41, 5.74) is 11.6. The summed E-state index contributed by atoms with van der Waals surface area (Å²) in [4.78, 5) is 22.3. The van der Waals surface area contributed by atoms with Crippen LogP contribution in [0.1, 0.15) is 20.7 Å². The van der Waals surface area contributed by atoms with Gasteiger partial charge in [-0.2, -0.15) is 0 Å². The summed E-state index contributed by atoms with van der Waals surface area (Å²) in [6.45, 7) is 1.71. The van der Waals surface area contributed by atoms with E-state index in [0.29, 0.717) is 11.7 Å². The molecule has 1 aromatic rings. The van der Waals surface area contributed by atoms with E-state index in [4.69, 9.17) is 11.5 Å². The van der Waals surface area contributed by atoms with Gasteiger partial charge in [0, 0.05) is 29.9 Å². The normalized spacial score (nSPS) is 15.1. The van der Waals surface area contributed by atoms with Gasteiger partial charge in [-0.25, -0.2) is 0 Å². The zero-order valence-corrected chi connectivity index (χ0v) is 9.19. The Morgan fingerprint density at radius 1 is 1.12 bits per heavy atom. The van der Waals surface area contributed by atoms with E-state index in [-0.39, 0.29) is 11.1 Å². The number of nitrogens with one attached hydrogen (secondary N) is 2. The second kappa shape index (κ2) is 4.42. The maximum Gasteiger partial charge on any atom is 0.248 e. The molecule has 1 aliphatic heterocycles. The lowest BCUT2D eigenvalue weighted by Crippen LogP contribution is -2.51. The molecule has 2 rings (SSSR count). The molecular weight excluding hydrogens is 220 g/mol. The van der Waals surface area contributed by atoms with Crippen LogP contribution in [-0.2, 0) is 0 Å². The highest BCUT2D eigenvalue weighted by molar-refractivity contribution is 5.99. The molecule has 6 heteroatoms. The molecular formula is C11H14N4O2. The van der Waals surface area contributed by atoms with Crippen molar-refractivity contribution >= 4 is 17.5 Å². The second-order valence-corrected chi connectivity index (χ2v) is 4.03. The summed E-state index contributed by atoms with van der Waals surface area (Å²) in [7, 11) is 0. The van der Waals surface area contributed by atoms with Crippen LogP contribution in [0.2, 0.25) is 0 Å². The summed E-state index contributed by atoms with van der Waals surface area (Å²) >= 11 is 0. The molecule has 0 spiro atoms. The van der Waals surface area contributed by atoms with Crippen LogP contribution < -0.4 is 22.1 Å². The van der Waals surface area contributed by atoms with Crippen LogP contribution in [0.3, 0.4) is 0 Å². The molecule has 1 saturated heterocycles. The highest BCUT2D eigenvalue weighted by atomic mass is 16.1. The van der Waals surface area contributed by atoms with Gasteiger partial charge in [0.2, 0.25) is 11.8 Å². The van der Waals surface area contributed by atoms with Crippen molar-refractivity contribution in [2.45, 2.75) is 6.04 Å². The monoisotopic (exact) mass is 234 g/mol. The van der Waals surface area contributed by atoms with Crippen molar-refractivity contribution in [3.8, 4) is 0 Å². The van der Waals surface area contributed by atoms with Crippen LogP contribution in [0.25, 0.3) is 0 Å². The SMILES string of the molecule is NC(=O)c1cc(NC2CNC2)cc(C(N)=O)c1. The van der Waals surface area contributed by atoms with Crippen molar-refractivity contribution in [3.05, 3.63) is 29.3 Å². The van der Waals surface area contributed by atoms with E-state index in [9.17, 15) is 9.59 Å². The third kappa shape index (κ3) is 2.54. The Morgan fingerprint density at radius 2 is 1.65 bits per heavy atom. The van der Waals surface area contributed by atoms with Gasteiger partial charge in [0.05, 0.1) is 6.04 Å². The fraction of sp³-hybridized carbons (Fsp3) is 0.273. The predicted molar refractivity (Wildman–Crippen MR) is 63.8 cm³/mol. The number of rotatable bonds is 4. The van der Waals surface area contributed by atoms with E-state index >= 15 is 0 Å². The van der Waals surface area contributed by atoms with Crippen LogP contribution in [0.15, 0.2) is 18.2 Å². The number of anilines is 1. The van der Waals surface area contributed by atoms with Gasteiger partial charge in [0.1, 0.15) is 0 Å². The van der Waals surface area contributed by atoms with Crippen LogP contribution in [0, 0.1) is 0 Å². The first kappa shape index (κ1) is 11.4. The lowest BCUT2D eigenvalue weighted by atomic mass is 10.1. The van der Waals surface area contributed by atoms with Crippen molar-refractivity contribution < 1.29 is 9.59 Å². The Hall–Kier alpha value is -2.08. The van der Waals surface area contributed by atoms with E-state index in [1.54, 1.807) is 12.1 Å². The first-order valence-electron chi connectivity index (χ1n) is 5.28. The fourth-order valence-corrected chi connectivity index (χ4v) is 1.62. The van der Waals surface area contributed by atoms with Gasteiger partial charge < -0.3 is 22.1 Å². The van der Waals surface area contributed by atoms with Crippen molar-refractivity contribution in [2.24, 2.45) is 11.5 Å². The van der Waals surface area contributed by atoms with Crippen molar-refractivity contribution in [1.82, 2.24) is 5.32 Å². The van der Waals surface area contributed by atoms with E-state index in [0.717, 1.165) is 13.1 Å². The van der Waals surface area contributed by atoms with Gasteiger partial charge in [-0.1, -0.05) is 0 Å². The Bertz CT molecular complexity index is 436. The highest BCUT2D eigenvalue weighted by Gasteiger charge is 2.17. The molecule has 17 heavy (non-hydrogen) atoms. The number of hydrogen-bond donors (Lipinski definition) is 4. The number of carbonyl (C=O) groups excluding carboxylic acids is 2. The first-order valence-corrected chi connectivity index (χ1v) is 5.28. The topological polar surface area (TPSA) is 110 Å². The molecule has 1 aliphatic rings. The van der Waals surface area contributed by atoms with Crippen LogP contribution in [0.5, 0.6) is 0 Å². The molecule has 2 amide bonds. The summed E-state index contributed by atoms with van der Waals surface area (Å²) in [6.07, 6.45) is 0. The van der Waals surface area contributed by atoms with Crippen molar-refractivity contribution in [1.29, 1.82) is 0 Å². The van der Waals surface area contributed by atoms with Crippen LogP contribution >= 0.6 is 0 Å².